The van der Waals surface area contributed by atoms with Crippen LogP contribution in [0, 0.1) is 11.8 Å². The van der Waals surface area contributed by atoms with Gasteiger partial charge in [-0.1, -0.05) is 13.8 Å². The molecule has 0 saturated carbocycles. The summed E-state index contributed by atoms with van der Waals surface area (Å²) in [5.74, 6) is 0.0185. The summed E-state index contributed by atoms with van der Waals surface area (Å²) < 4.78 is 4.91. The summed E-state index contributed by atoms with van der Waals surface area (Å²) in [6.07, 6.45) is 0.311. The third-order valence-electron chi connectivity index (χ3n) is 2.42. The first-order valence-corrected chi connectivity index (χ1v) is 5.49. The Hall–Kier alpha value is -1.06. The van der Waals surface area contributed by atoms with Gasteiger partial charge in [0.05, 0.1) is 12.5 Å². The molecule has 4 nitrogen and oxygen atoms in total. The van der Waals surface area contributed by atoms with Gasteiger partial charge in [0.2, 0.25) is 5.91 Å². The number of ether oxygens (including phenoxy) is 1. The lowest BCUT2D eigenvalue weighted by atomic mass is 10.1. The van der Waals surface area contributed by atoms with E-state index in [1.807, 2.05) is 0 Å². The minimum atomic E-state index is -0.254. The Morgan fingerprint density at radius 3 is 2.80 bits per heavy atom. The highest BCUT2D eigenvalue weighted by atomic mass is 16.5. The Labute approximate surface area is 90.6 Å². The van der Waals surface area contributed by atoms with E-state index in [9.17, 15) is 9.59 Å². The molecule has 0 aromatic rings. The molecule has 1 saturated heterocycles. The molecule has 1 heterocycles. The zero-order chi connectivity index (χ0) is 11.4. The number of nitrogens with zero attached hydrogens (tertiary/aromatic N) is 1. The van der Waals surface area contributed by atoms with Gasteiger partial charge in [0.25, 0.3) is 0 Å². The van der Waals surface area contributed by atoms with Crippen LogP contribution >= 0.6 is 0 Å². The highest BCUT2D eigenvalue weighted by Gasteiger charge is 2.35. The van der Waals surface area contributed by atoms with Crippen LogP contribution in [0.5, 0.6) is 0 Å². The van der Waals surface area contributed by atoms with Crippen LogP contribution in [0.15, 0.2) is 0 Å². The topological polar surface area (TPSA) is 46.6 Å². The van der Waals surface area contributed by atoms with E-state index in [0.29, 0.717) is 25.5 Å². The minimum absolute atomic E-state index is 0.0711. The molecule has 1 unspecified atom stereocenters. The third kappa shape index (κ3) is 3.22. The van der Waals surface area contributed by atoms with Crippen LogP contribution in [-0.2, 0) is 14.3 Å². The summed E-state index contributed by atoms with van der Waals surface area (Å²) in [5, 5.41) is 0. The Bertz CT molecular complexity index is 250. The van der Waals surface area contributed by atoms with Gasteiger partial charge in [-0.25, -0.2) is 0 Å². The van der Waals surface area contributed by atoms with Crippen molar-refractivity contribution in [2.24, 2.45) is 11.8 Å². The third-order valence-corrected chi connectivity index (χ3v) is 2.42. The average Bonchev–Trinajstić information content (AvgIpc) is 2.47. The molecule has 1 aliphatic heterocycles. The van der Waals surface area contributed by atoms with Crippen molar-refractivity contribution in [3.63, 3.8) is 0 Å². The molecule has 0 spiro atoms. The second-order valence-corrected chi connectivity index (χ2v) is 4.35. The number of amides is 1. The normalized spacial score (nSPS) is 21.2. The van der Waals surface area contributed by atoms with Gasteiger partial charge in [-0.05, 0) is 12.8 Å². The first kappa shape index (κ1) is 12.0. The molecule has 4 heteroatoms. The molecule has 86 valence electrons. The van der Waals surface area contributed by atoms with Crippen molar-refractivity contribution in [1.82, 2.24) is 4.90 Å². The Balaban J connectivity index is 2.48. The summed E-state index contributed by atoms with van der Waals surface area (Å²) in [4.78, 5) is 24.7. The molecule has 0 aromatic carbocycles. The zero-order valence-electron chi connectivity index (χ0n) is 9.66. The van der Waals surface area contributed by atoms with E-state index in [0.717, 1.165) is 6.54 Å². The fourth-order valence-corrected chi connectivity index (χ4v) is 1.81. The Kier molecular flexibility index (Phi) is 4.12. The van der Waals surface area contributed by atoms with Crippen LogP contribution in [0.4, 0.5) is 0 Å². The SMILES string of the molecule is CCOC(=O)C1CC(=O)N(CC(C)C)C1. The number of carbonyl (C=O) groups is 2. The molecule has 0 N–H and O–H groups in total. The number of hydrogen-bond donors (Lipinski definition) is 0. The van der Waals surface area contributed by atoms with Crippen molar-refractivity contribution in [1.29, 1.82) is 0 Å². The average molecular weight is 213 g/mol. The fraction of sp³-hybridized carbons (Fsp3) is 0.818. The van der Waals surface area contributed by atoms with E-state index >= 15 is 0 Å². The second-order valence-electron chi connectivity index (χ2n) is 4.35. The van der Waals surface area contributed by atoms with E-state index < -0.39 is 0 Å². The van der Waals surface area contributed by atoms with Crippen molar-refractivity contribution in [3.05, 3.63) is 0 Å². The molecule has 1 atom stereocenters. The summed E-state index contributed by atoms with van der Waals surface area (Å²) >= 11 is 0. The highest BCUT2D eigenvalue weighted by molar-refractivity contribution is 5.86. The summed E-state index contributed by atoms with van der Waals surface area (Å²) in [6, 6.07) is 0. The largest absolute Gasteiger partial charge is 0.466 e. The second kappa shape index (κ2) is 5.14. The van der Waals surface area contributed by atoms with Crippen LogP contribution in [0.25, 0.3) is 0 Å². The Morgan fingerprint density at radius 1 is 1.60 bits per heavy atom. The van der Waals surface area contributed by atoms with Gasteiger partial charge in [-0.15, -0.1) is 0 Å². The van der Waals surface area contributed by atoms with Crippen LogP contribution in [0.2, 0.25) is 0 Å². The van der Waals surface area contributed by atoms with E-state index in [-0.39, 0.29) is 17.8 Å². The molecule has 0 aliphatic carbocycles. The van der Waals surface area contributed by atoms with Crippen LogP contribution in [0.1, 0.15) is 27.2 Å². The number of rotatable bonds is 4. The maximum atomic E-state index is 11.5. The van der Waals surface area contributed by atoms with Gasteiger partial charge in [0.1, 0.15) is 0 Å². The molecular formula is C11H19NO3. The van der Waals surface area contributed by atoms with E-state index in [4.69, 9.17) is 4.74 Å². The van der Waals surface area contributed by atoms with Crippen molar-refractivity contribution in [3.8, 4) is 0 Å². The lowest BCUT2D eigenvalue weighted by Gasteiger charge is -2.18. The van der Waals surface area contributed by atoms with Crippen molar-refractivity contribution in [2.45, 2.75) is 27.2 Å². The van der Waals surface area contributed by atoms with Gasteiger partial charge >= 0.3 is 5.97 Å². The smallest absolute Gasteiger partial charge is 0.311 e. The molecule has 0 radical (unpaired) electrons. The van der Waals surface area contributed by atoms with E-state index in [2.05, 4.69) is 13.8 Å². The lowest BCUT2D eigenvalue weighted by Crippen LogP contribution is -2.30. The van der Waals surface area contributed by atoms with Crippen LogP contribution in [-0.4, -0.2) is 36.5 Å². The molecule has 1 amide bonds. The van der Waals surface area contributed by atoms with Crippen LogP contribution in [0.3, 0.4) is 0 Å². The summed E-state index contributed by atoms with van der Waals surface area (Å²) in [7, 11) is 0. The molecule has 0 aromatic heterocycles. The van der Waals surface area contributed by atoms with E-state index in [1.54, 1.807) is 11.8 Å². The van der Waals surface area contributed by atoms with Gasteiger partial charge in [0, 0.05) is 19.5 Å². The van der Waals surface area contributed by atoms with Crippen LogP contribution < -0.4 is 0 Å². The number of likely N-dealkylation sites (tertiary alicyclic amines) is 1. The summed E-state index contributed by atoms with van der Waals surface area (Å²) in [5.41, 5.74) is 0. The first-order valence-electron chi connectivity index (χ1n) is 5.49. The molecule has 0 bridgehead atoms. The molecule has 1 rings (SSSR count). The monoisotopic (exact) mass is 213 g/mol. The van der Waals surface area contributed by atoms with Gasteiger partial charge < -0.3 is 9.64 Å². The van der Waals surface area contributed by atoms with Crippen molar-refractivity contribution >= 4 is 11.9 Å². The van der Waals surface area contributed by atoms with Gasteiger partial charge in [0.15, 0.2) is 0 Å². The predicted octanol–water partition coefficient (Wildman–Crippen LogP) is 1.05. The lowest BCUT2D eigenvalue weighted by molar-refractivity contribution is -0.147. The standard InChI is InChI=1S/C11H19NO3/c1-4-15-11(14)9-5-10(13)12(7-9)6-8(2)3/h8-9H,4-7H2,1-3H3. The molecule has 1 fully saturated rings. The maximum Gasteiger partial charge on any atom is 0.311 e. The molecule has 15 heavy (non-hydrogen) atoms. The summed E-state index contributed by atoms with van der Waals surface area (Å²) in [6.45, 7) is 7.54. The van der Waals surface area contributed by atoms with Crippen molar-refractivity contribution in [2.75, 3.05) is 19.7 Å². The minimum Gasteiger partial charge on any atom is -0.466 e. The maximum absolute atomic E-state index is 11.5. The zero-order valence-corrected chi connectivity index (χ0v) is 9.66. The first-order chi connectivity index (χ1) is 7.04. The quantitative estimate of drug-likeness (QED) is 0.656. The van der Waals surface area contributed by atoms with Crippen molar-refractivity contribution < 1.29 is 14.3 Å². The number of esters is 1. The van der Waals surface area contributed by atoms with Gasteiger partial charge in [-0.2, -0.15) is 0 Å². The van der Waals surface area contributed by atoms with E-state index in [1.165, 1.54) is 0 Å². The van der Waals surface area contributed by atoms with Gasteiger partial charge in [-0.3, -0.25) is 9.59 Å². The number of hydrogen-bond acceptors (Lipinski definition) is 3. The predicted molar refractivity (Wildman–Crippen MR) is 56.2 cm³/mol. The highest BCUT2D eigenvalue weighted by Crippen LogP contribution is 2.20. The number of carbonyl (C=O) groups excluding carboxylic acids is 2. The Morgan fingerprint density at radius 2 is 2.27 bits per heavy atom. The fourth-order valence-electron chi connectivity index (χ4n) is 1.81. The molecular weight excluding hydrogens is 194 g/mol. The molecule has 1 aliphatic rings.